The van der Waals surface area contributed by atoms with Crippen molar-refractivity contribution in [1.82, 2.24) is 5.01 Å². The molecular weight excluding hydrogens is 398 g/mol. The molecule has 0 radical (unpaired) electrons. The molecule has 1 spiro atoms. The summed E-state index contributed by atoms with van der Waals surface area (Å²) in [6.45, 7) is 2.20. The molecule has 1 saturated heterocycles. The van der Waals surface area contributed by atoms with Gasteiger partial charge in [-0.15, -0.1) is 0 Å². The van der Waals surface area contributed by atoms with Crippen LogP contribution in [0.4, 0.5) is 0 Å². The molecule has 32 heavy (non-hydrogen) atoms. The Balaban J connectivity index is 1.30. The number of rotatable bonds is 3. The average Bonchev–Trinajstić information content (AvgIpc) is 3.29. The Hall–Kier alpha value is -3.31. The van der Waals surface area contributed by atoms with Crippen molar-refractivity contribution in [3.05, 3.63) is 90.0 Å². The van der Waals surface area contributed by atoms with Crippen molar-refractivity contribution in [3.63, 3.8) is 0 Å². The maximum atomic E-state index is 6.68. The molecule has 0 saturated carbocycles. The van der Waals surface area contributed by atoms with Gasteiger partial charge in [0.25, 0.3) is 0 Å². The highest BCUT2D eigenvalue weighted by atomic mass is 16.5. The minimum Gasteiger partial charge on any atom is -0.466 e. The van der Waals surface area contributed by atoms with Crippen LogP contribution in [-0.2, 0) is 0 Å². The lowest BCUT2D eigenvalue weighted by Gasteiger charge is -2.49. The Morgan fingerprint density at radius 2 is 1.59 bits per heavy atom. The zero-order chi connectivity index (χ0) is 21.5. The topological polar surface area (TPSA) is 38.5 Å². The summed E-state index contributed by atoms with van der Waals surface area (Å²) in [4.78, 5) is 1.56. The van der Waals surface area contributed by atoms with E-state index in [1.807, 2.05) is 42.5 Å². The molecule has 6 rings (SSSR count). The summed E-state index contributed by atoms with van der Waals surface area (Å²) < 4.78 is 12.6. The summed E-state index contributed by atoms with van der Waals surface area (Å²) in [6, 6.07) is 26.9. The summed E-state index contributed by atoms with van der Waals surface area (Å²) >= 11 is 0. The van der Waals surface area contributed by atoms with Gasteiger partial charge in [-0.2, -0.15) is 5.10 Å². The number of ether oxygens (including phenoxy) is 2. The van der Waals surface area contributed by atoms with Gasteiger partial charge < -0.3 is 14.4 Å². The van der Waals surface area contributed by atoms with E-state index in [-0.39, 0.29) is 11.8 Å². The van der Waals surface area contributed by atoms with E-state index in [1.54, 1.807) is 4.90 Å². The monoisotopic (exact) mass is 426 g/mol. The first-order chi connectivity index (χ1) is 15.7. The molecule has 5 nitrogen and oxygen atoms in total. The molecule has 1 N–H and O–H groups in total. The van der Waals surface area contributed by atoms with Crippen LogP contribution in [0.2, 0.25) is 0 Å². The van der Waals surface area contributed by atoms with E-state index in [9.17, 15) is 0 Å². The van der Waals surface area contributed by atoms with Crippen LogP contribution >= 0.6 is 0 Å². The second kappa shape index (κ2) is 7.68. The van der Waals surface area contributed by atoms with Crippen LogP contribution in [-0.4, -0.2) is 36.6 Å². The number of quaternary nitrogens is 1. The third kappa shape index (κ3) is 3.33. The van der Waals surface area contributed by atoms with Crippen molar-refractivity contribution >= 4 is 5.71 Å². The quantitative estimate of drug-likeness (QED) is 0.687. The fraction of sp³-hybridized carbons (Fsp3) is 0.296. The van der Waals surface area contributed by atoms with Gasteiger partial charge in [0.2, 0.25) is 5.72 Å². The van der Waals surface area contributed by atoms with Crippen LogP contribution in [0.5, 0.6) is 17.2 Å². The van der Waals surface area contributed by atoms with Crippen molar-refractivity contribution in [1.29, 1.82) is 0 Å². The van der Waals surface area contributed by atoms with E-state index < -0.39 is 0 Å². The van der Waals surface area contributed by atoms with Crippen LogP contribution in [0.3, 0.4) is 0 Å². The number of hydrazone groups is 1. The second-order valence-electron chi connectivity index (χ2n) is 9.09. The third-order valence-corrected chi connectivity index (χ3v) is 6.96. The first-order valence-electron chi connectivity index (χ1n) is 11.5. The molecule has 0 amide bonds. The zero-order valence-corrected chi connectivity index (χ0v) is 18.3. The fourth-order valence-electron chi connectivity index (χ4n) is 5.14. The first-order valence-corrected chi connectivity index (χ1v) is 11.5. The number of likely N-dealkylation sites (tertiary alicyclic amines) is 1. The minimum atomic E-state index is -0.337. The Bertz CT molecular complexity index is 1140. The lowest BCUT2D eigenvalue weighted by molar-refractivity contribution is -0.888. The predicted molar refractivity (Wildman–Crippen MR) is 124 cm³/mol. The normalized spacial score (nSPS) is 26.2. The van der Waals surface area contributed by atoms with E-state index in [2.05, 4.69) is 48.5 Å². The van der Waals surface area contributed by atoms with Gasteiger partial charge in [-0.05, 0) is 48.0 Å². The molecule has 3 aliphatic rings. The molecule has 5 heteroatoms. The Morgan fingerprint density at radius 1 is 0.906 bits per heavy atom. The van der Waals surface area contributed by atoms with Crippen molar-refractivity contribution < 1.29 is 14.4 Å². The Morgan fingerprint density at radius 3 is 2.38 bits per heavy atom. The van der Waals surface area contributed by atoms with Crippen LogP contribution in [0.15, 0.2) is 84.0 Å². The number of hydrogen-bond acceptors (Lipinski definition) is 4. The van der Waals surface area contributed by atoms with E-state index in [0.717, 1.165) is 60.9 Å². The van der Waals surface area contributed by atoms with Gasteiger partial charge in [0, 0.05) is 12.0 Å². The van der Waals surface area contributed by atoms with Gasteiger partial charge in [0.05, 0.1) is 44.7 Å². The van der Waals surface area contributed by atoms with Crippen molar-refractivity contribution in [3.8, 4) is 17.2 Å². The molecule has 1 fully saturated rings. The van der Waals surface area contributed by atoms with Gasteiger partial charge in [-0.1, -0.05) is 36.4 Å². The smallest absolute Gasteiger partial charge is 0.208 e. The molecule has 0 unspecified atom stereocenters. The molecule has 162 valence electrons. The summed E-state index contributed by atoms with van der Waals surface area (Å²) in [6.07, 6.45) is 2.87. The van der Waals surface area contributed by atoms with E-state index in [0.29, 0.717) is 0 Å². The number of nitrogens with one attached hydrogen (secondary N) is 1. The van der Waals surface area contributed by atoms with Crippen LogP contribution in [0.25, 0.3) is 0 Å². The second-order valence-corrected chi connectivity index (χ2v) is 9.09. The molecule has 3 aromatic carbocycles. The minimum absolute atomic E-state index is 0.230. The number of piperidine rings is 1. The lowest BCUT2D eigenvalue weighted by Crippen LogP contribution is -3.11. The van der Waals surface area contributed by atoms with Gasteiger partial charge in [0.15, 0.2) is 0 Å². The zero-order valence-electron chi connectivity index (χ0n) is 18.3. The largest absolute Gasteiger partial charge is 0.466 e. The number of benzene rings is 3. The number of para-hydroxylation sites is 2. The fourth-order valence-corrected chi connectivity index (χ4v) is 5.14. The number of fused-ring (bicyclic) bond motifs is 4. The van der Waals surface area contributed by atoms with Crippen molar-refractivity contribution in [2.75, 3.05) is 20.1 Å². The predicted octanol–water partition coefficient (Wildman–Crippen LogP) is 4.03. The first kappa shape index (κ1) is 19.4. The molecule has 3 aliphatic heterocycles. The van der Waals surface area contributed by atoms with Gasteiger partial charge in [0.1, 0.15) is 17.2 Å². The summed E-state index contributed by atoms with van der Waals surface area (Å²) in [5.74, 6) is 2.70. The molecule has 0 aliphatic carbocycles. The highest BCUT2D eigenvalue weighted by molar-refractivity contribution is 6.02. The Kier molecular flexibility index (Phi) is 4.65. The summed E-state index contributed by atoms with van der Waals surface area (Å²) in [7, 11) is 2.26. The maximum absolute atomic E-state index is 6.68. The van der Waals surface area contributed by atoms with Crippen molar-refractivity contribution in [2.45, 2.75) is 31.0 Å². The molecule has 3 aromatic rings. The molecule has 0 bridgehead atoms. The van der Waals surface area contributed by atoms with Crippen LogP contribution in [0.1, 0.15) is 36.4 Å². The molecule has 0 aromatic heterocycles. The standard InChI is InChI=1S/C27H27N3O2/c1-29-17-15-27(16-18-29)30-25(23-9-5-6-10-26(23)32-27)19-24(28-30)20-11-13-22(14-12-20)31-21-7-3-2-4-8-21/h2-14,25H,15-19H2,1H3/p+1/t25-/m1/s1. The molecular formula is C27H28N3O2+. The SMILES string of the molecule is C[NH+]1CCC2(CC1)Oc1ccccc1[C@H]1CC(c3ccc(Oc4ccccc4)cc3)=NN12. The maximum Gasteiger partial charge on any atom is 0.208 e. The van der Waals surface area contributed by atoms with Gasteiger partial charge in [-0.3, -0.25) is 0 Å². The van der Waals surface area contributed by atoms with Gasteiger partial charge in [-0.25, -0.2) is 5.01 Å². The summed E-state index contributed by atoms with van der Waals surface area (Å²) in [5, 5.41) is 7.45. The highest BCUT2D eigenvalue weighted by Crippen LogP contribution is 2.49. The van der Waals surface area contributed by atoms with E-state index in [1.165, 1.54) is 5.56 Å². The van der Waals surface area contributed by atoms with Crippen LogP contribution < -0.4 is 14.4 Å². The number of nitrogens with zero attached hydrogens (tertiary/aromatic N) is 2. The van der Waals surface area contributed by atoms with Crippen molar-refractivity contribution in [2.24, 2.45) is 5.10 Å². The lowest BCUT2D eigenvalue weighted by atomic mass is 9.91. The van der Waals surface area contributed by atoms with E-state index >= 15 is 0 Å². The van der Waals surface area contributed by atoms with Gasteiger partial charge >= 0.3 is 0 Å². The number of hydrogen-bond donors (Lipinski definition) is 1. The summed E-state index contributed by atoms with van der Waals surface area (Å²) in [5.41, 5.74) is 3.17. The average molecular weight is 427 g/mol. The van der Waals surface area contributed by atoms with Crippen LogP contribution in [0, 0.1) is 0 Å². The van der Waals surface area contributed by atoms with E-state index in [4.69, 9.17) is 14.6 Å². The molecule has 1 atom stereocenters. The highest BCUT2D eigenvalue weighted by Gasteiger charge is 2.52. The Labute approximate surface area is 188 Å². The third-order valence-electron chi connectivity index (χ3n) is 6.96. The molecule has 3 heterocycles.